The molecule has 1 aromatic rings. The lowest BCUT2D eigenvalue weighted by Gasteiger charge is -2.19. The normalized spacial score (nSPS) is 14.3. The fourth-order valence-electron chi connectivity index (χ4n) is 2.00. The molecule has 1 rings (SSSR count). The summed E-state index contributed by atoms with van der Waals surface area (Å²) in [4.78, 5) is 0. The van der Waals surface area contributed by atoms with Gasteiger partial charge in [0.25, 0.3) is 0 Å². The molecule has 0 saturated heterocycles. The first kappa shape index (κ1) is 18.3. The Hall–Kier alpha value is -0.720. The number of anilines is 1. The number of ether oxygens (including phenoxy) is 1. The Bertz CT molecular complexity index is 434. The molecule has 0 fully saturated rings. The van der Waals surface area contributed by atoms with Gasteiger partial charge < -0.3 is 15.2 Å². The maximum absolute atomic E-state index is 13.6. The maximum Gasteiger partial charge on any atom is 0.150 e. The third kappa shape index (κ3) is 6.72. The van der Waals surface area contributed by atoms with Gasteiger partial charge in [0.2, 0.25) is 0 Å². The molecule has 3 nitrogen and oxygen atoms in total. The molecule has 0 spiro atoms. The van der Waals surface area contributed by atoms with Crippen LogP contribution in [0.5, 0.6) is 0 Å². The van der Waals surface area contributed by atoms with E-state index in [0.29, 0.717) is 10.4 Å². The van der Waals surface area contributed by atoms with Crippen LogP contribution in [-0.4, -0.2) is 30.5 Å². The molecule has 6 heteroatoms. The third-order valence-electron chi connectivity index (χ3n) is 2.90. The van der Waals surface area contributed by atoms with Gasteiger partial charge in [-0.1, -0.05) is 29.8 Å². The Morgan fingerprint density at radius 1 is 1.24 bits per heavy atom. The van der Waals surface area contributed by atoms with Crippen LogP contribution in [0.2, 0.25) is 0 Å². The average molecular weight is 366 g/mol. The molecule has 2 N–H and O–H groups in total. The molecule has 2 atom stereocenters. The van der Waals surface area contributed by atoms with Crippen molar-refractivity contribution >= 4 is 21.6 Å². The molecule has 0 aliphatic heterocycles. The molecule has 0 amide bonds. The number of benzene rings is 1. The van der Waals surface area contributed by atoms with Crippen LogP contribution in [0.3, 0.4) is 0 Å². The van der Waals surface area contributed by atoms with Gasteiger partial charge in [0.1, 0.15) is 17.3 Å². The second kappa shape index (κ2) is 8.66. The van der Waals surface area contributed by atoms with Crippen molar-refractivity contribution < 1.29 is 18.6 Å². The van der Waals surface area contributed by atoms with Crippen molar-refractivity contribution in [2.24, 2.45) is 5.92 Å². The number of aliphatic hydroxyl groups is 1. The SMILES string of the molecule is CC(C)CC(C)OCC(O)CNc1c(F)cc(Br)cc1F. The highest BCUT2D eigenvalue weighted by Gasteiger charge is 2.13. The molecule has 0 aliphatic rings. The van der Waals surface area contributed by atoms with Gasteiger partial charge in [-0.25, -0.2) is 8.78 Å². The summed E-state index contributed by atoms with van der Waals surface area (Å²) < 4.78 is 33.0. The van der Waals surface area contributed by atoms with Crippen molar-refractivity contribution in [3.05, 3.63) is 28.2 Å². The molecule has 120 valence electrons. The Balaban J connectivity index is 2.41. The number of hydrogen-bond acceptors (Lipinski definition) is 3. The number of aliphatic hydroxyl groups excluding tert-OH is 1. The zero-order valence-corrected chi connectivity index (χ0v) is 14.1. The van der Waals surface area contributed by atoms with Crippen molar-refractivity contribution in [3.8, 4) is 0 Å². The lowest BCUT2D eigenvalue weighted by atomic mass is 10.1. The number of halogens is 3. The van der Waals surface area contributed by atoms with E-state index in [2.05, 4.69) is 35.1 Å². The van der Waals surface area contributed by atoms with E-state index in [-0.39, 0.29) is 24.9 Å². The lowest BCUT2D eigenvalue weighted by Crippen LogP contribution is -2.28. The lowest BCUT2D eigenvalue weighted by molar-refractivity contribution is -0.00447. The molecule has 0 aliphatic carbocycles. The summed E-state index contributed by atoms with van der Waals surface area (Å²) in [5.41, 5.74) is -0.243. The Labute approximate surface area is 132 Å². The van der Waals surface area contributed by atoms with Crippen LogP contribution in [0.1, 0.15) is 27.2 Å². The van der Waals surface area contributed by atoms with Crippen molar-refractivity contribution in [1.82, 2.24) is 0 Å². The molecule has 0 heterocycles. The summed E-state index contributed by atoms with van der Waals surface area (Å²) >= 11 is 3.01. The van der Waals surface area contributed by atoms with Gasteiger partial charge in [0.05, 0.1) is 18.8 Å². The highest BCUT2D eigenvalue weighted by Crippen LogP contribution is 2.23. The van der Waals surface area contributed by atoms with Gasteiger partial charge in [-0.05, 0) is 31.4 Å². The Kier molecular flexibility index (Phi) is 7.56. The maximum atomic E-state index is 13.6. The first-order valence-electron chi connectivity index (χ1n) is 6.97. The highest BCUT2D eigenvalue weighted by molar-refractivity contribution is 9.10. The molecular formula is C15H22BrF2NO2. The zero-order valence-electron chi connectivity index (χ0n) is 12.5. The Morgan fingerprint density at radius 2 is 1.81 bits per heavy atom. The first-order chi connectivity index (χ1) is 9.79. The van der Waals surface area contributed by atoms with E-state index < -0.39 is 17.7 Å². The molecule has 1 aromatic carbocycles. The average Bonchev–Trinajstić information content (AvgIpc) is 2.34. The van der Waals surface area contributed by atoms with Crippen molar-refractivity contribution in [3.63, 3.8) is 0 Å². The first-order valence-corrected chi connectivity index (χ1v) is 7.77. The van der Waals surface area contributed by atoms with E-state index >= 15 is 0 Å². The van der Waals surface area contributed by atoms with Gasteiger partial charge in [-0.2, -0.15) is 0 Å². The topological polar surface area (TPSA) is 41.5 Å². The molecular weight excluding hydrogens is 344 g/mol. The quantitative estimate of drug-likeness (QED) is 0.732. The van der Waals surface area contributed by atoms with E-state index in [4.69, 9.17) is 4.74 Å². The third-order valence-corrected chi connectivity index (χ3v) is 3.36. The minimum Gasteiger partial charge on any atom is -0.389 e. The number of nitrogens with one attached hydrogen (secondary N) is 1. The summed E-state index contributed by atoms with van der Waals surface area (Å²) in [6, 6.07) is 2.33. The van der Waals surface area contributed by atoms with Crippen LogP contribution < -0.4 is 5.32 Å². The van der Waals surface area contributed by atoms with E-state index in [9.17, 15) is 13.9 Å². The number of rotatable bonds is 8. The molecule has 0 saturated carbocycles. The monoisotopic (exact) mass is 365 g/mol. The van der Waals surface area contributed by atoms with Crippen LogP contribution in [0.4, 0.5) is 14.5 Å². The smallest absolute Gasteiger partial charge is 0.150 e. The fraction of sp³-hybridized carbons (Fsp3) is 0.600. The van der Waals surface area contributed by atoms with Crippen LogP contribution >= 0.6 is 15.9 Å². The summed E-state index contributed by atoms with van der Waals surface area (Å²) in [6.07, 6.45) is 0.110. The van der Waals surface area contributed by atoms with Crippen molar-refractivity contribution in [1.29, 1.82) is 0 Å². The highest BCUT2D eigenvalue weighted by atomic mass is 79.9. The fourth-order valence-corrected chi connectivity index (χ4v) is 2.40. The van der Waals surface area contributed by atoms with E-state index in [1.165, 1.54) is 12.1 Å². The second-order valence-corrected chi connectivity index (χ2v) is 6.47. The van der Waals surface area contributed by atoms with E-state index in [0.717, 1.165) is 6.42 Å². The minimum atomic E-state index is -0.831. The Morgan fingerprint density at radius 3 is 2.33 bits per heavy atom. The van der Waals surface area contributed by atoms with Gasteiger partial charge in [-0.15, -0.1) is 0 Å². The predicted molar refractivity (Wildman–Crippen MR) is 83.4 cm³/mol. The second-order valence-electron chi connectivity index (χ2n) is 5.55. The van der Waals surface area contributed by atoms with Crippen LogP contribution in [-0.2, 0) is 4.74 Å². The molecule has 21 heavy (non-hydrogen) atoms. The summed E-state index contributed by atoms with van der Waals surface area (Å²) in [5, 5.41) is 12.4. The number of hydrogen-bond donors (Lipinski definition) is 2. The minimum absolute atomic E-state index is 0.0177. The zero-order chi connectivity index (χ0) is 16.0. The van der Waals surface area contributed by atoms with E-state index in [1.807, 2.05) is 6.92 Å². The molecule has 0 radical (unpaired) electrons. The van der Waals surface area contributed by atoms with Gasteiger partial charge >= 0.3 is 0 Å². The van der Waals surface area contributed by atoms with Crippen LogP contribution in [0.25, 0.3) is 0 Å². The molecule has 0 bridgehead atoms. The van der Waals surface area contributed by atoms with E-state index in [1.54, 1.807) is 0 Å². The van der Waals surface area contributed by atoms with Crippen LogP contribution in [0, 0.1) is 17.6 Å². The van der Waals surface area contributed by atoms with Crippen molar-refractivity contribution in [2.75, 3.05) is 18.5 Å². The van der Waals surface area contributed by atoms with Crippen LogP contribution in [0.15, 0.2) is 16.6 Å². The molecule has 0 aromatic heterocycles. The standard InChI is InChI=1S/C15H22BrF2NO2/c1-9(2)4-10(3)21-8-12(20)7-19-15-13(17)5-11(16)6-14(15)18/h5-6,9-10,12,19-20H,4,7-8H2,1-3H3. The summed E-state index contributed by atoms with van der Waals surface area (Å²) in [5.74, 6) is -0.896. The summed E-state index contributed by atoms with van der Waals surface area (Å²) in [7, 11) is 0. The van der Waals surface area contributed by atoms with Gasteiger partial charge in [0, 0.05) is 11.0 Å². The summed E-state index contributed by atoms with van der Waals surface area (Å²) in [6.45, 7) is 6.27. The molecule has 2 unspecified atom stereocenters. The predicted octanol–water partition coefficient (Wildman–Crippen LogP) is 3.95. The van der Waals surface area contributed by atoms with Gasteiger partial charge in [-0.3, -0.25) is 0 Å². The van der Waals surface area contributed by atoms with Crippen molar-refractivity contribution in [2.45, 2.75) is 39.4 Å². The largest absolute Gasteiger partial charge is 0.389 e. The van der Waals surface area contributed by atoms with Gasteiger partial charge in [0.15, 0.2) is 0 Å².